The van der Waals surface area contributed by atoms with Gasteiger partial charge in [0.25, 0.3) is 5.92 Å². The summed E-state index contributed by atoms with van der Waals surface area (Å²) in [5.41, 5.74) is 7.40. The van der Waals surface area contributed by atoms with Crippen LogP contribution in [0, 0.1) is 0 Å². The highest BCUT2D eigenvalue weighted by atomic mass is 35.5. The molecule has 4 nitrogen and oxygen atoms in total. The van der Waals surface area contributed by atoms with E-state index in [1.807, 2.05) is 17.0 Å². The molecule has 2 heterocycles. The van der Waals surface area contributed by atoms with Crippen LogP contribution in [-0.2, 0) is 17.9 Å². The fourth-order valence-corrected chi connectivity index (χ4v) is 3.61. The average molecular weight is 344 g/mol. The fraction of sp³-hybridized carbons (Fsp3) is 0.562. The van der Waals surface area contributed by atoms with E-state index in [1.54, 1.807) is 11.0 Å². The molecule has 0 aliphatic carbocycles. The second kappa shape index (κ2) is 6.34. The van der Waals surface area contributed by atoms with Gasteiger partial charge in [-0.1, -0.05) is 17.7 Å². The van der Waals surface area contributed by atoms with Crippen LogP contribution < -0.4 is 5.73 Å². The maximum Gasteiger partial charge on any atom is 0.272 e. The van der Waals surface area contributed by atoms with Crippen molar-refractivity contribution in [2.45, 2.75) is 37.9 Å². The normalized spacial score (nSPS) is 24.6. The van der Waals surface area contributed by atoms with Crippen molar-refractivity contribution in [3.63, 3.8) is 0 Å². The molecular weight excluding hydrogens is 324 g/mol. The van der Waals surface area contributed by atoms with Gasteiger partial charge in [0.2, 0.25) is 5.91 Å². The highest BCUT2D eigenvalue weighted by Gasteiger charge is 2.43. The van der Waals surface area contributed by atoms with Gasteiger partial charge < -0.3 is 5.73 Å². The lowest BCUT2D eigenvalue weighted by molar-refractivity contribution is -0.134. The van der Waals surface area contributed by atoms with Gasteiger partial charge in [-0.2, -0.15) is 0 Å². The van der Waals surface area contributed by atoms with Crippen LogP contribution in [0.25, 0.3) is 0 Å². The van der Waals surface area contributed by atoms with E-state index >= 15 is 0 Å². The minimum absolute atomic E-state index is 0.206. The molecule has 2 fully saturated rings. The van der Waals surface area contributed by atoms with Gasteiger partial charge in [-0.25, -0.2) is 8.78 Å². The third kappa shape index (κ3) is 3.82. The Labute approximate surface area is 139 Å². The van der Waals surface area contributed by atoms with E-state index in [1.165, 1.54) is 0 Å². The number of rotatable bonds is 5. The van der Waals surface area contributed by atoms with Crippen molar-refractivity contribution in [2.24, 2.45) is 5.73 Å². The van der Waals surface area contributed by atoms with Crippen LogP contribution >= 0.6 is 11.6 Å². The quantitative estimate of drug-likeness (QED) is 0.892. The maximum absolute atomic E-state index is 13.0. The first kappa shape index (κ1) is 16.6. The monoisotopic (exact) mass is 343 g/mol. The summed E-state index contributed by atoms with van der Waals surface area (Å²) in [6, 6.07) is 5.25. The molecule has 23 heavy (non-hydrogen) atoms. The molecule has 3 rings (SSSR count). The number of carbonyl (C=O) groups excluding carboxylic acids is 1. The Morgan fingerprint density at radius 2 is 2.04 bits per heavy atom. The number of benzene rings is 1. The number of carbonyl (C=O) groups is 1. The zero-order valence-electron chi connectivity index (χ0n) is 12.8. The lowest BCUT2D eigenvalue weighted by atomic mass is 10.0. The van der Waals surface area contributed by atoms with Gasteiger partial charge in [-0.05, 0) is 42.6 Å². The van der Waals surface area contributed by atoms with Crippen molar-refractivity contribution in [1.29, 1.82) is 0 Å². The van der Waals surface area contributed by atoms with Crippen LogP contribution in [0.2, 0.25) is 5.02 Å². The highest BCUT2D eigenvalue weighted by molar-refractivity contribution is 6.30. The van der Waals surface area contributed by atoms with E-state index in [4.69, 9.17) is 17.3 Å². The second-order valence-electron chi connectivity index (χ2n) is 6.45. The van der Waals surface area contributed by atoms with Crippen molar-refractivity contribution in [2.75, 3.05) is 19.6 Å². The largest absolute Gasteiger partial charge is 0.368 e. The number of likely N-dealkylation sites (tertiary alicyclic amines) is 2. The number of hydrogen-bond acceptors (Lipinski definition) is 3. The lowest BCUT2D eigenvalue weighted by Crippen LogP contribution is -2.55. The molecule has 0 bridgehead atoms. The van der Waals surface area contributed by atoms with Gasteiger partial charge in [0.1, 0.15) is 0 Å². The Morgan fingerprint density at radius 3 is 2.70 bits per heavy atom. The second-order valence-corrected chi connectivity index (χ2v) is 6.88. The lowest BCUT2D eigenvalue weighted by Gasteiger charge is -2.39. The van der Waals surface area contributed by atoms with Crippen molar-refractivity contribution >= 4 is 17.5 Å². The summed E-state index contributed by atoms with van der Waals surface area (Å²) in [6.07, 6.45) is 1.70. The number of hydrogen-bond donors (Lipinski definition) is 1. The number of primary amides is 1. The summed E-state index contributed by atoms with van der Waals surface area (Å²) in [5, 5.41) is 0.604. The molecule has 2 aliphatic heterocycles. The van der Waals surface area contributed by atoms with E-state index in [-0.39, 0.29) is 25.0 Å². The molecule has 0 radical (unpaired) electrons. The van der Waals surface area contributed by atoms with Gasteiger partial charge in [0.15, 0.2) is 0 Å². The Balaban J connectivity index is 1.73. The molecule has 0 aromatic heterocycles. The molecule has 2 aliphatic rings. The van der Waals surface area contributed by atoms with Gasteiger partial charge in [0.05, 0.1) is 19.1 Å². The first-order valence-electron chi connectivity index (χ1n) is 7.75. The number of nitrogens with two attached hydrogens (primary N) is 1. The molecule has 1 aromatic rings. The van der Waals surface area contributed by atoms with E-state index in [2.05, 4.69) is 0 Å². The first-order chi connectivity index (χ1) is 10.8. The van der Waals surface area contributed by atoms with E-state index in [0.29, 0.717) is 18.1 Å². The molecule has 0 unspecified atom stereocenters. The third-order valence-electron chi connectivity index (χ3n) is 4.54. The molecule has 1 amide bonds. The number of alkyl halides is 2. The van der Waals surface area contributed by atoms with Crippen molar-refractivity contribution in [3.05, 3.63) is 34.3 Å². The Kier molecular flexibility index (Phi) is 4.58. The Bertz CT molecular complexity index is 603. The van der Waals surface area contributed by atoms with Crippen molar-refractivity contribution in [3.8, 4) is 0 Å². The molecule has 1 aromatic carbocycles. The van der Waals surface area contributed by atoms with Crippen LogP contribution in [0.3, 0.4) is 0 Å². The van der Waals surface area contributed by atoms with Gasteiger partial charge in [-0.15, -0.1) is 0 Å². The zero-order valence-corrected chi connectivity index (χ0v) is 13.5. The minimum Gasteiger partial charge on any atom is -0.368 e. The van der Waals surface area contributed by atoms with Gasteiger partial charge >= 0.3 is 0 Å². The topological polar surface area (TPSA) is 49.6 Å². The number of amides is 1. The third-order valence-corrected chi connectivity index (χ3v) is 4.77. The van der Waals surface area contributed by atoms with Crippen molar-refractivity contribution < 1.29 is 13.6 Å². The summed E-state index contributed by atoms with van der Waals surface area (Å²) < 4.78 is 26.0. The summed E-state index contributed by atoms with van der Waals surface area (Å²) in [7, 11) is 0. The predicted octanol–water partition coefficient (Wildman–Crippen LogP) is 2.24. The summed E-state index contributed by atoms with van der Waals surface area (Å²) in [5.74, 6) is -2.88. The van der Waals surface area contributed by atoms with Crippen LogP contribution in [-0.4, -0.2) is 47.3 Å². The van der Waals surface area contributed by atoms with E-state index in [0.717, 1.165) is 30.5 Å². The average Bonchev–Trinajstić information content (AvgIpc) is 2.88. The molecule has 0 saturated carbocycles. The van der Waals surface area contributed by atoms with E-state index in [9.17, 15) is 13.6 Å². The SMILES string of the molecule is NC(=O)[C@@H]1CCCN1Cc1cc(Cl)ccc1CN1CC(F)(F)C1. The van der Waals surface area contributed by atoms with Crippen LogP contribution in [0.5, 0.6) is 0 Å². The molecule has 2 N–H and O–H groups in total. The molecule has 7 heteroatoms. The summed E-state index contributed by atoms with van der Waals surface area (Å²) >= 11 is 6.09. The minimum atomic E-state index is -2.57. The first-order valence-corrected chi connectivity index (χ1v) is 8.13. The molecule has 126 valence electrons. The number of halogens is 3. The van der Waals surface area contributed by atoms with Crippen LogP contribution in [0.15, 0.2) is 18.2 Å². The van der Waals surface area contributed by atoms with Crippen molar-refractivity contribution in [1.82, 2.24) is 9.80 Å². The fourth-order valence-electron chi connectivity index (χ4n) is 3.41. The Hall–Kier alpha value is -1.24. The zero-order chi connectivity index (χ0) is 16.6. The molecular formula is C16H20ClF2N3O. The smallest absolute Gasteiger partial charge is 0.272 e. The highest BCUT2D eigenvalue weighted by Crippen LogP contribution is 2.30. The summed E-state index contributed by atoms with van der Waals surface area (Å²) in [6.45, 7) is 1.43. The van der Waals surface area contributed by atoms with E-state index < -0.39 is 5.92 Å². The Morgan fingerprint density at radius 1 is 1.30 bits per heavy atom. The van der Waals surface area contributed by atoms with Gasteiger partial charge in [0, 0.05) is 18.1 Å². The van der Waals surface area contributed by atoms with Crippen LogP contribution in [0.4, 0.5) is 8.78 Å². The molecule has 2 saturated heterocycles. The maximum atomic E-state index is 13.0. The predicted molar refractivity (Wildman–Crippen MR) is 84.3 cm³/mol. The number of nitrogens with zero attached hydrogens (tertiary/aromatic N) is 2. The molecule has 0 spiro atoms. The molecule has 1 atom stereocenters. The van der Waals surface area contributed by atoms with Gasteiger partial charge in [-0.3, -0.25) is 14.6 Å². The van der Waals surface area contributed by atoms with Crippen LogP contribution in [0.1, 0.15) is 24.0 Å². The standard InChI is InChI=1S/C16H20ClF2N3O/c17-13-4-3-11(7-21-9-16(18,19)10-21)12(6-13)8-22-5-1-2-14(22)15(20)23/h3-4,6,14H,1-2,5,7-10H2,(H2,20,23)/t14-/m0/s1. The summed E-state index contributed by atoms with van der Waals surface area (Å²) in [4.78, 5) is 15.3.